The van der Waals surface area contributed by atoms with Gasteiger partial charge in [0.15, 0.2) is 8.38 Å². The van der Waals surface area contributed by atoms with Gasteiger partial charge in [-0.05, 0) is 12.8 Å². The van der Waals surface area contributed by atoms with Crippen LogP contribution in [-0.4, -0.2) is 17.7 Å². The Morgan fingerprint density at radius 2 is 1.82 bits per heavy atom. The van der Waals surface area contributed by atoms with Gasteiger partial charge in [-0.15, -0.1) is 0 Å². The Balaban J connectivity index is 3.02. The van der Waals surface area contributed by atoms with Crippen LogP contribution in [0, 0.1) is 0 Å². The van der Waals surface area contributed by atoms with Crippen LogP contribution in [0.4, 0.5) is 0 Å². The lowest BCUT2D eigenvalue weighted by atomic mass is 10.4. The zero-order valence-electron chi connectivity index (χ0n) is 7.55. The summed E-state index contributed by atoms with van der Waals surface area (Å²) in [6.45, 7) is 4.96. The molecule has 0 bridgehead atoms. The van der Waals surface area contributed by atoms with Crippen LogP contribution in [0.2, 0.25) is 0 Å². The van der Waals surface area contributed by atoms with E-state index in [1.165, 1.54) is 0 Å². The van der Waals surface area contributed by atoms with Crippen molar-refractivity contribution in [3.05, 3.63) is 0 Å². The Hall–Kier alpha value is 0.350. The molecule has 2 nitrogen and oxygen atoms in total. The Labute approximate surface area is 70.9 Å². The molecule has 0 aliphatic carbocycles. The van der Waals surface area contributed by atoms with Crippen molar-refractivity contribution in [3.8, 4) is 0 Å². The number of rotatable bonds is 7. The first kappa shape index (κ1) is 11.4. The lowest BCUT2D eigenvalue weighted by molar-refractivity contribution is 0.302. The maximum absolute atomic E-state index is 9.25. The molecular formula is C8H19O2P. The van der Waals surface area contributed by atoms with Crippen LogP contribution in [0.25, 0.3) is 0 Å². The summed E-state index contributed by atoms with van der Waals surface area (Å²) in [6.07, 6.45) is 5.25. The monoisotopic (exact) mass is 178 g/mol. The van der Waals surface area contributed by atoms with Gasteiger partial charge in [0, 0.05) is 6.16 Å². The number of hydrogen-bond donors (Lipinski definition) is 1. The predicted octanol–water partition coefficient (Wildman–Crippen LogP) is 2.91. The third kappa shape index (κ3) is 8.25. The first-order valence-electron chi connectivity index (χ1n) is 4.40. The molecule has 0 heterocycles. The molecule has 0 fully saturated rings. The van der Waals surface area contributed by atoms with Gasteiger partial charge in [0.1, 0.15) is 0 Å². The summed E-state index contributed by atoms with van der Waals surface area (Å²) in [6, 6.07) is 0. The van der Waals surface area contributed by atoms with Crippen molar-refractivity contribution in [2.24, 2.45) is 0 Å². The van der Waals surface area contributed by atoms with Crippen LogP contribution in [0.1, 0.15) is 39.5 Å². The Morgan fingerprint density at radius 1 is 1.18 bits per heavy atom. The highest BCUT2D eigenvalue weighted by molar-refractivity contribution is 7.46. The maximum Gasteiger partial charge on any atom is 0.167 e. The summed E-state index contributed by atoms with van der Waals surface area (Å²) in [5, 5.41) is 0. The Bertz CT molecular complexity index is 78.5. The highest BCUT2D eigenvalue weighted by atomic mass is 31.2. The minimum Gasteiger partial charge on any atom is -0.350 e. The van der Waals surface area contributed by atoms with Crippen LogP contribution in [0.15, 0.2) is 0 Å². The van der Waals surface area contributed by atoms with Crippen LogP contribution >= 0.6 is 8.38 Å². The molecule has 0 aliphatic heterocycles. The van der Waals surface area contributed by atoms with E-state index in [1.54, 1.807) is 0 Å². The minimum atomic E-state index is -1.10. The summed E-state index contributed by atoms with van der Waals surface area (Å²) in [4.78, 5) is 9.25. The number of hydrogen-bond acceptors (Lipinski definition) is 2. The van der Waals surface area contributed by atoms with Gasteiger partial charge in [0.25, 0.3) is 0 Å². The third-order valence-electron chi connectivity index (χ3n) is 1.44. The van der Waals surface area contributed by atoms with E-state index < -0.39 is 8.38 Å². The van der Waals surface area contributed by atoms with Crippen molar-refractivity contribution in [2.45, 2.75) is 39.5 Å². The zero-order chi connectivity index (χ0) is 8.53. The van der Waals surface area contributed by atoms with Crippen LogP contribution < -0.4 is 0 Å². The largest absolute Gasteiger partial charge is 0.350 e. The topological polar surface area (TPSA) is 29.5 Å². The van der Waals surface area contributed by atoms with Gasteiger partial charge in [-0.1, -0.05) is 26.7 Å². The average Bonchev–Trinajstić information content (AvgIpc) is 2.01. The van der Waals surface area contributed by atoms with E-state index in [1.807, 2.05) is 0 Å². The molecule has 0 amide bonds. The predicted molar refractivity (Wildman–Crippen MR) is 49.8 cm³/mol. The molecule has 0 aliphatic rings. The third-order valence-corrected chi connectivity index (χ3v) is 2.62. The molecule has 68 valence electrons. The van der Waals surface area contributed by atoms with Crippen LogP contribution in [0.5, 0.6) is 0 Å². The summed E-state index contributed by atoms with van der Waals surface area (Å²) in [7, 11) is -1.10. The van der Waals surface area contributed by atoms with E-state index in [0.29, 0.717) is 0 Å². The first-order chi connectivity index (χ1) is 5.31. The molecule has 0 saturated carbocycles. The van der Waals surface area contributed by atoms with Gasteiger partial charge in [0.05, 0.1) is 6.61 Å². The van der Waals surface area contributed by atoms with Crippen molar-refractivity contribution in [2.75, 3.05) is 12.8 Å². The fourth-order valence-electron chi connectivity index (χ4n) is 0.672. The molecular weight excluding hydrogens is 159 g/mol. The van der Waals surface area contributed by atoms with Crippen molar-refractivity contribution in [3.63, 3.8) is 0 Å². The second kappa shape index (κ2) is 8.45. The van der Waals surface area contributed by atoms with Gasteiger partial charge < -0.3 is 9.42 Å². The first-order valence-corrected chi connectivity index (χ1v) is 5.80. The van der Waals surface area contributed by atoms with E-state index in [9.17, 15) is 4.89 Å². The second-order valence-corrected chi connectivity index (χ2v) is 4.03. The Morgan fingerprint density at radius 3 is 2.36 bits per heavy atom. The standard InChI is InChI=1S/C8H19O2P/c1-3-5-7-10-11(9)8-6-4-2/h9H,3-8H2,1-2H3. The average molecular weight is 178 g/mol. The quantitative estimate of drug-likeness (QED) is 0.479. The molecule has 1 atom stereocenters. The van der Waals surface area contributed by atoms with Gasteiger partial charge in [-0.2, -0.15) is 0 Å². The summed E-state index contributed by atoms with van der Waals surface area (Å²) < 4.78 is 5.20. The Kier molecular flexibility index (Phi) is 8.72. The van der Waals surface area contributed by atoms with Gasteiger partial charge in [-0.3, -0.25) is 0 Å². The van der Waals surface area contributed by atoms with Crippen molar-refractivity contribution >= 4 is 8.38 Å². The van der Waals surface area contributed by atoms with Crippen molar-refractivity contribution in [1.82, 2.24) is 0 Å². The SMILES string of the molecule is CCCCOP(O)CCCC. The molecule has 3 heteroatoms. The summed E-state index contributed by atoms with van der Waals surface area (Å²) in [5.41, 5.74) is 0. The summed E-state index contributed by atoms with van der Waals surface area (Å²) in [5.74, 6) is 0. The molecule has 0 radical (unpaired) electrons. The lowest BCUT2D eigenvalue weighted by Gasteiger charge is -2.08. The lowest BCUT2D eigenvalue weighted by Crippen LogP contribution is -1.91. The summed E-state index contributed by atoms with van der Waals surface area (Å²) >= 11 is 0. The highest BCUT2D eigenvalue weighted by Gasteiger charge is 2.02. The molecule has 0 aromatic carbocycles. The van der Waals surface area contributed by atoms with Gasteiger partial charge >= 0.3 is 0 Å². The fourth-order valence-corrected chi connectivity index (χ4v) is 1.73. The van der Waals surface area contributed by atoms with Crippen LogP contribution in [0.3, 0.4) is 0 Å². The fraction of sp³-hybridized carbons (Fsp3) is 1.00. The molecule has 0 spiro atoms. The van der Waals surface area contributed by atoms with Gasteiger partial charge in [0.2, 0.25) is 0 Å². The normalized spacial score (nSPS) is 13.4. The van der Waals surface area contributed by atoms with E-state index >= 15 is 0 Å². The highest BCUT2D eigenvalue weighted by Crippen LogP contribution is 2.32. The zero-order valence-corrected chi connectivity index (χ0v) is 8.44. The van der Waals surface area contributed by atoms with E-state index in [-0.39, 0.29) is 0 Å². The molecule has 1 unspecified atom stereocenters. The molecule has 0 saturated heterocycles. The maximum atomic E-state index is 9.25. The molecule has 0 aromatic rings. The second-order valence-electron chi connectivity index (χ2n) is 2.62. The van der Waals surface area contributed by atoms with E-state index in [0.717, 1.165) is 38.5 Å². The van der Waals surface area contributed by atoms with E-state index in [2.05, 4.69) is 13.8 Å². The number of unbranched alkanes of at least 4 members (excludes halogenated alkanes) is 2. The van der Waals surface area contributed by atoms with Crippen molar-refractivity contribution < 1.29 is 9.42 Å². The van der Waals surface area contributed by atoms with Gasteiger partial charge in [-0.25, -0.2) is 0 Å². The van der Waals surface area contributed by atoms with Crippen molar-refractivity contribution in [1.29, 1.82) is 0 Å². The van der Waals surface area contributed by atoms with E-state index in [4.69, 9.17) is 4.52 Å². The molecule has 11 heavy (non-hydrogen) atoms. The molecule has 0 rings (SSSR count). The smallest absolute Gasteiger partial charge is 0.167 e. The molecule has 0 aromatic heterocycles. The van der Waals surface area contributed by atoms with Crippen LogP contribution in [-0.2, 0) is 4.52 Å². The molecule has 1 N–H and O–H groups in total. The minimum absolute atomic E-state index is 0.725.